The van der Waals surface area contributed by atoms with Gasteiger partial charge in [0, 0.05) is 17.8 Å². The van der Waals surface area contributed by atoms with E-state index in [4.69, 9.17) is 0 Å². The summed E-state index contributed by atoms with van der Waals surface area (Å²) in [5.41, 5.74) is 3.89. The number of aryl methyl sites for hydroxylation is 2. The molecule has 28 heavy (non-hydrogen) atoms. The molecule has 144 valence electrons. The molecule has 2 N–H and O–H groups in total. The van der Waals surface area contributed by atoms with E-state index < -0.39 is 10.0 Å². The van der Waals surface area contributed by atoms with Gasteiger partial charge >= 0.3 is 0 Å². The molecule has 0 unspecified atom stereocenters. The highest BCUT2D eigenvalue weighted by Gasteiger charge is 2.16. The van der Waals surface area contributed by atoms with Gasteiger partial charge in [0.05, 0.1) is 4.90 Å². The van der Waals surface area contributed by atoms with Crippen LogP contribution in [0.4, 0.5) is 5.69 Å². The maximum Gasteiger partial charge on any atom is 0.255 e. The first-order valence-corrected chi connectivity index (χ1v) is 10.4. The van der Waals surface area contributed by atoms with Crippen molar-refractivity contribution in [2.45, 2.75) is 25.3 Å². The van der Waals surface area contributed by atoms with Crippen LogP contribution in [-0.2, 0) is 16.6 Å². The smallest absolute Gasteiger partial charge is 0.255 e. The molecule has 3 aromatic carbocycles. The molecule has 0 aliphatic rings. The molecule has 3 rings (SSSR count). The van der Waals surface area contributed by atoms with Gasteiger partial charge in [-0.15, -0.1) is 0 Å². The Morgan fingerprint density at radius 2 is 1.54 bits per heavy atom. The molecule has 0 saturated carbocycles. The molecule has 0 aromatic heterocycles. The SMILES string of the molecule is Cc1cc(C)cc(NC(=O)c2cccc(S(=O)(=O)NCc3ccccc3)c2)c1. The Morgan fingerprint density at radius 3 is 2.21 bits per heavy atom. The summed E-state index contributed by atoms with van der Waals surface area (Å²) < 4.78 is 27.7. The molecule has 5 nitrogen and oxygen atoms in total. The summed E-state index contributed by atoms with van der Waals surface area (Å²) in [6.07, 6.45) is 0. The van der Waals surface area contributed by atoms with Crippen LogP contribution in [0.3, 0.4) is 0 Å². The van der Waals surface area contributed by atoms with Crippen LogP contribution in [0.2, 0.25) is 0 Å². The Labute approximate surface area is 165 Å². The molecule has 0 aliphatic heterocycles. The normalized spacial score (nSPS) is 11.2. The fraction of sp³-hybridized carbons (Fsp3) is 0.136. The zero-order valence-electron chi connectivity index (χ0n) is 15.8. The Morgan fingerprint density at radius 1 is 0.857 bits per heavy atom. The quantitative estimate of drug-likeness (QED) is 0.663. The van der Waals surface area contributed by atoms with Crippen LogP contribution < -0.4 is 10.0 Å². The summed E-state index contributed by atoms with van der Waals surface area (Å²) in [5, 5.41) is 2.82. The number of carbonyl (C=O) groups is 1. The highest BCUT2D eigenvalue weighted by atomic mass is 32.2. The Kier molecular flexibility index (Phi) is 5.92. The van der Waals surface area contributed by atoms with Gasteiger partial charge in [0.25, 0.3) is 5.91 Å². The molecule has 3 aromatic rings. The van der Waals surface area contributed by atoms with Gasteiger partial charge in [-0.25, -0.2) is 13.1 Å². The van der Waals surface area contributed by atoms with Crippen molar-refractivity contribution in [3.8, 4) is 0 Å². The minimum Gasteiger partial charge on any atom is -0.322 e. The first kappa shape index (κ1) is 19.8. The van der Waals surface area contributed by atoms with E-state index >= 15 is 0 Å². The Balaban J connectivity index is 1.76. The molecule has 6 heteroatoms. The molecule has 0 bridgehead atoms. The standard InChI is InChI=1S/C22H22N2O3S/c1-16-11-17(2)13-20(12-16)24-22(25)19-9-6-10-21(14-19)28(26,27)23-15-18-7-4-3-5-8-18/h3-14,23H,15H2,1-2H3,(H,24,25). The van der Waals surface area contributed by atoms with Gasteiger partial charge < -0.3 is 5.32 Å². The van der Waals surface area contributed by atoms with Crippen molar-refractivity contribution in [3.63, 3.8) is 0 Å². The first-order chi connectivity index (χ1) is 13.3. The fourth-order valence-corrected chi connectivity index (χ4v) is 3.98. The van der Waals surface area contributed by atoms with Crippen molar-refractivity contribution in [3.05, 3.63) is 95.1 Å². The lowest BCUT2D eigenvalue weighted by Crippen LogP contribution is -2.23. The van der Waals surface area contributed by atoms with Crippen LogP contribution in [0.1, 0.15) is 27.0 Å². The number of hydrogen-bond acceptors (Lipinski definition) is 3. The largest absolute Gasteiger partial charge is 0.322 e. The third-order valence-corrected chi connectivity index (χ3v) is 5.59. The second-order valence-corrected chi connectivity index (χ2v) is 8.44. The summed E-state index contributed by atoms with van der Waals surface area (Å²) in [4.78, 5) is 12.6. The van der Waals surface area contributed by atoms with Crippen LogP contribution in [0, 0.1) is 13.8 Å². The van der Waals surface area contributed by atoms with Crippen LogP contribution in [-0.4, -0.2) is 14.3 Å². The first-order valence-electron chi connectivity index (χ1n) is 8.87. The predicted octanol–water partition coefficient (Wildman–Crippen LogP) is 4.03. The summed E-state index contributed by atoms with van der Waals surface area (Å²) in [6.45, 7) is 4.09. The van der Waals surface area contributed by atoms with E-state index in [0.717, 1.165) is 16.7 Å². The zero-order valence-corrected chi connectivity index (χ0v) is 16.6. The van der Waals surface area contributed by atoms with Gasteiger partial charge in [0.2, 0.25) is 10.0 Å². The van der Waals surface area contributed by atoms with Crippen molar-refractivity contribution in [1.82, 2.24) is 4.72 Å². The van der Waals surface area contributed by atoms with Gasteiger partial charge in [-0.1, -0.05) is 42.5 Å². The maximum absolute atomic E-state index is 12.6. The second kappa shape index (κ2) is 8.37. The monoisotopic (exact) mass is 394 g/mol. The number of benzene rings is 3. The van der Waals surface area contributed by atoms with Crippen LogP contribution >= 0.6 is 0 Å². The van der Waals surface area contributed by atoms with E-state index in [0.29, 0.717) is 5.69 Å². The summed E-state index contributed by atoms with van der Waals surface area (Å²) in [5.74, 6) is -0.356. The minimum atomic E-state index is -3.73. The molecular weight excluding hydrogens is 372 g/mol. The third-order valence-electron chi connectivity index (χ3n) is 4.20. The molecular formula is C22H22N2O3S. The van der Waals surface area contributed by atoms with Crippen LogP contribution in [0.5, 0.6) is 0 Å². The number of carbonyl (C=O) groups excluding carboxylic acids is 1. The highest BCUT2D eigenvalue weighted by molar-refractivity contribution is 7.89. The lowest BCUT2D eigenvalue weighted by atomic mass is 10.1. The molecule has 0 heterocycles. The van der Waals surface area contributed by atoms with Gasteiger partial charge in [-0.2, -0.15) is 0 Å². The molecule has 0 saturated heterocycles. The predicted molar refractivity (Wildman–Crippen MR) is 111 cm³/mol. The highest BCUT2D eigenvalue weighted by Crippen LogP contribution is 2.17. The maximum atomic E-state index is 12.6. The number of hydrogen-bond donors (Lipinski definition) is 2. The summed E-state index contributed by atoms with van der Waals surface area (Å²) in [7, 11) is -3.73. The Hall–Kier alpha value is -2.96. The van der Waals surface area contributed by atoms with Gasteiger partial charge in [0.1, 0.15) is 0 Å². The van der Waals surface area contributed by atoms with Crippen molar-refractivity contribution < 1.29 is 13.2 Å². The van der Waals surface area contributed by atoms with Crippen molar-refractivity contribution >= 4 is 21.6 Å². The minimum absolute atomic E-state index is 0.0523. The van der Waals surface area contributed by atoms with E-state index in [1.807, 2.05) is 62.4 Å². The number of sulfonamides is 1. The van der Waals surface area contributed by atoms with Crippen LogP contribution in [0.25, 0.3) is 0 Å². The lowest BCUT2D eigenvalue weighted by Gasteiger charge is -2.10. The van der Waals surface area contributed by atoms with E-state index in [2.05, 4.69) is 10.0 Å². The van der Waals surface area contributed by atoms with Crippen LogP contribution in [0.15, 0.2) is 77.7 Å². The summed E-state index contributed by atoms with van der Waals surface area (Å²) in [6, 6.07) is 21.0. The zero-order chi connectivity index (χ0) is 20.1. The van der Waals surface area contributed by atoms with Gasteiger partial charge in [0.15, 0.2) is 0 Å². The van der Waals surface area contributed by atoms with Gasteiger partial charge in [-0.3, -0.25) is 4.79 Å². The second-order valence-electron chi connectivity index (χ2n) is 6.67. The number of amides is 1. The van der Waals surface area contributed by atoms with Gasteiger partial charge in [-0.05, 0) is 60.9 Å². The molecule has 0 aliphatic carbocycles. The lowest BCUT2D eigenvalue weighted by molar-refractivity contribution is 0.102. The van der Waals surface area contributed by atoms with E-state index in [9.17, 15) is 13.2 Å². The molecule has 0 fully saturated rings. The van der Waals surface area contributed by atoms with Crippen molar-refractivity contribution in [2.75, 3.05) is 5.32 Å². The number of nitrogens with one attached hydrogen (secondary N) is 2. The van der Waals surface area contributed by atoms with E-state index in [1.54, 1.807) is 12.1 Å². The Bertz CT molecular complexity index is 1070. The number of anilines is 1. The average molecular weight is 394 g/mol. The van der Waals surface area contributed by atoms with Crippen molar-refractivity contribution in [2.24, 2.45) is 0 Å². The molecule has 0 spiro atoms. The van der Waals surface area contributed by atoms with E-state index in [1.165, 1.54) is 12.1 Å². The molecule has 0 atom stereocenters. The molecule has 0 radical (unpaired) electrons. The van der Waals surface area contributed by atoms with Crippen molar-refractivity contribution in [1.29, 1.82) is 0 Å². The van der Waals surface area contributed by atoms with E-state index in [-0.39, 0.29) is 22.9 Å². The number of rotatable bonds is 6. The average Bonchev–Trinajstić information content (AvgIpc) is 2.66. The fourth-order valence-electron chi connectivity index (χ4n) is 2.91. The molecule has 1 amide bonds. The third kappa shape index (κ3) is 5.06. The topological polar surface area (TPSA) is 75.3 Å². The summed E-state index contributed by atoms with van der Waals surface area (Å²) >= 11 is 0.